The van der Waals surface area contributed by atoms with Crippen molar-refractivity contribution in [3.63, 3.8) is 0 Å². The molecule has 0 radical (unpaired) electrons. The highest BCUT2D eigenvalue weighted by molar-refractivity contribution is 6.05. The zero-order valence-electron chi connectivity index (χ0n) is 20.0. The number of hydrogen-bond acceptors (Lipinski definition) is 6. The minimum Gasteiger partial charge on any atom is -0.497 e. The van der Waals surface area contributed by atoms with Gasteiger partial charge in [-0.1, -0.05) is 19.1 Å². The topological polar surface area (TPSA) is 59.1 Å². The van der Waals surface area contributed by atoms with Crippen molar-refractivity contribution in [2.75, 3.05) is 38.2 Å². The molecule has 1 aromatic rings. The normalized spacial score (nSPS) is 34.2. The summed E-state index contributed by atoms with van der Waals surface area (Å²) in [5, 5.41) is 0. The Balaban J connectivity index is 1.29. The van der Waals surface area contributed by atoms with Gasteiger partial charge in [0.2, 0.25) is 0 Å². The Bertz CT molecular complexity index is 1030. The number of allylic oxidation sites excluding steroid dienone is 3. The SMILES string of the molecule is COc1cccc(N2CCN(CC3C(=O)O[C@@H]4C5=C(C)C(=O)C=C[C@]5(C)CC[C@@H]34)C(C)C2)c1. The number of carbonyl (C=O) groups excluding carboxylic acids is 2. The molecule has 33 heavy (non-hydrogen) atoms. The first-order valence-electron chi connectivity index (χ1n) is 12.1. The molecular weight excluding hydrogens is 416 g/mol. The fourth-order valence-corrected chi connectivity index (χ4v) is 6.34. The standard InChI is InChI=1S/C27H34N2O4/c1-17-15-29(19-6-5-7-20(14-19)32-4)13-12-28(17)16-22-21-8-10-27(3)11-9-23(30)18(2)24(27)25(21)33-26(22)31/h5-7,9,11,14,17,21-22,25H,8,10,12-13,15-16H2,1-4H3/t17?,21-,22?,25-,27-/m0/s1. The highest BCUT2D eigenvalue weighted by atomic mass is 16.6. The van der Waals surface area contributed by atoms with Crippen molar-refractivity contribution >= 4 is 17.4 Å². The van der Waals surface area contributed by atoms with E-state index in [9.17, 15) is 9.59 Å². The van der Waals surface area contributed by atoms with E-state index in [1.54, 1.807) is 13.2 Å². The van der Waals surface area contributed by atoms with Crippen LogP contribution in [0.4, 0.5) is 5.69 Å². The van der Waals surface area contributed by atoms with Gasteiger partial charge in [-0.05, 0) is 50.5 Å². The van der Waals surface area contributed by atoms with Crippen LogP contribution in [0.2, 0.25) is 0 Å². The summed E-state index contributed by atoms with van der Waals surface area (Å²) >= 11 is 0. The molecule has 5 rings (SSSR count). The Kier molecular flexibility index (Phi) is 5.60. The van der Waals surface area contributed by atoms with Gasteiger partial charge < -0.3 is 14.4 Å². The molecule has 2 heterocycles. The van der Waals surface area contributed by atoms with E-state index in [-0.39, 0.29) is 35.1 Å². The molecule has 4 aliphatic rings. The molecule has 0 N–H and O–H groups in total. The number of hydrogen-bond donors (Lipinski definition) is 0. The van der Waals surface area contributed by atoms with Crippen LogP contribution in [-0.4, -0.2) is 62.1 Å². The molecule has 0 aromatic heterocycles. The first-order chi connectivity index (χ1) is 15.8. The first-order valence-corrected chi connectivity index (χ1v) is 12.1. The number of piperazine rings is 1. The summed E-state index contributed by atoms with van der Waals surface area (Å²) in [7, 11) is 1.69. The third-order valence-corrected chi connectivity index (χ3v) is 8.34. The number of ketones is 1. The van der Waals surface area contributed by atoms with Gasteiger partial charge in [0.05, 0.1) is 13.0 Å². The second kappa shape index (κ2) is 8.32. The van der Waals surface area contributed by atoms with Crippen LogP contribution in [0.15, 0.2) is 47.6 Å². The third-order valence-electron chi connectivity index (χ3n) is 8.34. The van der Waals surface area contributed by atoms with Crippen molar-refractivity contribution in [3.05, 3.63) is 47.6 Å². The molecule has 2 aliphatic heterocycles. The van der Waals surface area contributed by atoms with Crippen molar-refractivity contribution < 1.29 is 19.1 Å². The van der Waals surface area contributed by atoms with Gasteiger partial charge in [0.1, 0.15) is 11.9 Å². The molecular formula is C27H34N2O4. The smallest absolute Gasteiger partial charge is 0.311 e. The molecule has 0 amide bonds. The lowest BCUT2D eigenvalue weighted by Crippen LogP contribution is -2.54. The monoisotopic (exact) mass is 450 g/mol. The Morgan fingerprint density at radius 3 is 2.82 bits per heavy atom. The van der Waals surface area contributed by atoms with E-state index >= 15 is 0 Å². The molecule has 2 unspecified atom stereocenters. The molecule has 176 valence electrons. The van der Waals surface area contributed by atoms with E-state index in [1.165, 1.54) is 5.69 Å². The van der Waals surface area contributed by atoms with E-state index in [0.717, 1.165) is 55.9 Å². The zero-order valence-corrected chi connectivity index (χ0v) is 20.0. The average molecular weight is 451 g/mol. The summed E-state index contributed by atoms with van der Waals surface area (Å²) < 4.78 is 11.4. The molecule has 2 aliphatic carbocycles. The fourth-order valence-electron chi connectivity index (χ4n) is 6.34. The molecule has 2 saturated heterocycles. The van der Waals surface area contributed by atoms with Gasteiger partial charge in [-0.2, -0.15) is 0 Å². The van der Waals surface area contributed by atoms with Crippen LogP contribution in [0.3, 0.4) is 0 Å². The predicted octanol–water partition coefficient (Wildman–Crippen LogP) is 3.62. The lowest BCUT2D eigenvalue weighted by molar-refractivity contribution is -0.144. The minimum atomic E-state index is -0.261. The van der Waals surface area contributed by atoms with Gasteiger partial charge in [0.15, 0.2) is 5.78 Å². The maximum Gasteiger partial charge on any atom is 0.311 e. The quantitative estimate of drug-likeness (QED) is 0.653. The highest BCUT2D eigenvalue weighted by Gasteiger charge is 2.54. The van der Waals surface area contributed by atoms with Crippen molar-refractivity contribution in [1.29, 1.82) is 0 Å². The lowest BCUT2D eigenvalue weighted by Gasteiger charge is -2.44. The molecule has 6 nitrogen and oxygen atoms in total. The van der Waals surface area contributed by atoms with Gasteiger partial charge in [-0.3, -0.25) is 14.5 Å². The zero-order chi connectivity index (χ0) is 23.3. The Hall–Kier alpha value is -2.60. The van der Waals surface area contributed by atoms with Crippen molar-refractivity contribution in [3.8, 4) is 5.75 Å². The summed E-state index contributed by atoms with van der Waals surface area (Å²) in [5.41, 5.74) is 2.80. The van der Waals surface area contributed by atoms with Crippen molar-refractivity contribution in [2.45, 2.75) is 45.8 Å². The van der Waals surface area contributed by atoms with E-state index in [2.05, 4.69) is 35.8 Å². The summed E-state index contributed by atoms with van der Waals surface area (Å²) in [5.74, 6) is 0.835. The molecule has 5 atom stereocenters. The van der Waals surface area contributed by atoms with Gasteiger partial charge in [0, 0.05) is 60.9 Å². The van der Waals surface area contributed by atoms with Crippen LogP contribution < -0.4 is 9.64 Å². The summed E-state index contributed by atoms with van der Waals surface area (Å²) in [6.45, 7) is 9.74. The van der Waals surface area contributed by atoms with E-state index < -0.39 is 0 Å². The van der Waals surface area contributed by atoms with E-state index in [4.69, 9.17) is 9.47 Å². The van der Waals surface area contributed by atoms with Gasteiger partial charge in [0.25, 0.3) is 0 Å². The summed E-state index contributed by atoms with van der Waals surface area (Å²) in [6, 6.07) is 8.52. The fraction of sp³-hybridized carbons (Fsp3) is 0.556. The Morgan fingerprint density at radius 1 is 1.24 bits per heavy atom. The van der Waals surface area contributed by atoms with Gasteiger partial charge >= 0.3 is 5.97 Å². The van der Waals surface area contributed by atoms with Crippen LogP contribution in [-0.2, 0) is 14.3 Å². The van der Waals surface area contributed by atoms with Crippen LogP contribution in [0.25, 0.3) is 0 Å². The molecule has 1 aromatic carbocycles. The van der Waals surface area contributed by atoms with Gasteiger partial charge in [-0.25, -0.2) is 0 Å². The number of anilines is 1. The predicted molar refractivity (Wildman–Crippen MR) is 127 cm³/mol. The molecule has 0 bridgehead atoms. The minimum absolute atomic E-state index is 0.0462. The largest absolute Gasteiger partial charge is 0.497 e. The maximum absolute atomic E-state index is 13.0. The molecule has 3 fully saturated rings. The first kappa shape index (κ1) is 22.2. The molecule has 6 heteroatoms. The van der Waals surface area contributed by atoms with Crippen molar-refractivity contribution in [2.24, 2.45) is 17.3 Å². The van der Waals surface area contributed by atoms with Gasteiger partial charge in [-0.15, -0.1) is 0 Å². The number of fused-ring (bicyclic) bond motifs is 3. The number of benzene rings is 1. The number of nitrogens with zero attached hydrogens (tertiary/aromatic N) is 2. The Labute approximate surface area is 196 Å². The summed E-state index contributed by atoms with van der Waals surface area (Å²) in [6.07, 6.45) is 5.36. The van der Waals surface area contributed by atoms with Crippen LogP contribution in [0.1, 0.15) is 33.6 Å². The maximum atomic E-state index is 13.0. The van der Waals surface area contributed by atoms with Crippen LogP contribution in [0, 0.1) is 17.3 Å². The highest BCUT2D eigenvalue weighted by Crippen LogP contribution is 2.53. The number of methoxy groups -OCH3 is 1. The second-order valence-corrected chi connectivity index (χ2v) is 10.3. The summed E-state index contributed by atoms with van der Waals surface area (Å²) in [4.78, 5) is 30.3. The average Bonchev–Trinajstić information content (AvgIpc) is 3.12. The van der Waals surface area contributed by atoms with Crippen molar-refractivity contribution in [1.82, 2.24) is 4.90 Å². The molecule has 1 saturated carbocycles. The molecule has 0 spiro atoms. The Morgan fingerprint density at radius 2 is 2.06 bits per heavy atom. The lowest BCUT2D eigenvalue weighted by atomic mass is 9.61. The van der Waals surface area contributed by atoms with Crippen LogP contribution >= 0.6 is 0 Å². The van der Waals surface area contributed by atoms with E-state index in [0.29, 0.717) is 6.04 Å². The van der Waals surface area contributed by atoms with E-state index in [1.807, 2.05) is 25.1 Å². The third kappa shape index (κ3) is 3.78. The number of ether oxygens (including phenoxy) is 2. The number of rotatable bonds is 4. The second-order valence-electron chi connectivity index (χ2n) is 10.3. The number of carbonyl (C=O) groups is 2. The number of esters is 1. The van der Waals surface area contributed by atoms with Crippen LogP contribution in [0.5, 0.6) is 5.75 Å².